The maximum absolute atomic E-state index is 13.0. The van der Waals surface area contributed by atoms with Crippen LogP contribution in [0.4, 0.5) is 10.1 Å². The minimum Gasteiger partial charge on any atom is -0.493 e. The van der Waals surface area contributed by atoms with Crippen molar-refractivity contribution >= 4 is 28.3 Å². The Kier molecular flexibility index (Phi) is 5.89. The van der Waals surface area contributed by atoms with Crippen molar-refractivity contribution in [1.29, 1.82) is 0 Å². The monoisotopic (exact) mass is 380 g/mol. The average molecular weight is 380 g/mol. The Labute approximate surface area is 162 Å². The minimum atomic E-state index is -0.384. The molecule has 3 rings (SSSR count). The number of carbonyl (C=O) groups is 2. The van der Waals surface area contributed by atoms with E-state index in [1.54, 1.807) is 13.1 Å². The summed E-state index contributed by atoms with van der Waals surface area (Å²) in [5.41, 5.74) is 0.866. The van der Waals surface area contributed by atoms with Crippen molar-refractivity contribution < 1.29 is 18.7 Å². The number of nitrogens with one attached hydrogen (secondary N) is 1. The maximum Gasteiger partial charge on any atom is 0.257 e. The summed E-state index contributed by atoms with van der Waals surface area (Å²) in [5.74, 6) is -0.591. The molecule has 0 bridgehead atoms. The van der Waals surface area contributed by atoms with Gasteiger partial charge in [-0.1, -0.05) is 24.3 Å². The van der Waals surface area contributed by atoms with Crippen LogP contribution in [-0.4, -0.2) is 36.9 Å². The third-order valence-corrected chi connectivity index (χ3v) is 4.23. The number of fused-ring (bicyclic) bond motifs is 1. The van der Waals surface area contributed by atoms with E-state index in [1.165, 1.54) is 29.2 Å². The molecule has 3 aromatic rings. The normalized spacial score (nSPS) is 10.5. The van der Waals surface area contributed by atoms with Crippen LogP contribution in [0, 0.1) is 5.82 Å². The number of anilines is 1. The predicted molar refractivity (Wildman–Crippen MR) is 107 cm³/mol. The Balaban J connectivity index is 1.77. The highest BCUT2D eigenvalue weighted by molar-refractivity contribution is 6.03. The SMILES string of the molecule is CCOc1cc2ccccc2cc1C(=O)N(C)CC(=O)Nc1ccc(F)cc1. The van der Waals surface area contributed by atoms with Gasteiger partial charge in [-0.3, -0.25) is 9.59 Å². The van der Waals surface area contributed by atoms with E-state index in [9.17, 15) is 14.0 Å². The molecule has 0 spiro atoms. The predicted octanol–water partition coefficient (Wildman–Crippen LogP) is 4.09. The Morgan fingerprint density at radius 3 is 2.32 bits per heavy atom. The standard InChI is InChI=1S/C22H21FN2O3/c1-3-28-20-13-16-7-5-4-6-15(16)12-19(20)22(27)25(2)14-21(26)24-18-10-8-17(23)9-11-18/h4-13H,3,14H2,1-2H3,(H,24,26). The van der Waals surface area contributed by atoms with Crippen molar-refractivity contribution in [1.82, 2.24) is 4.90 Å². The van der Waals surface area contributed by atoms with Gasteiger partial charge in [0.15, 0.2) is 0 Å². The highest BCUT2D eigenvalue weighted by Crippen LogP contribution is 2.27. The van der Waals surface area contributed by atoms with Gasteiger partial charge in [0.2, 0.25) is 5.91 Å². The Hall–Kier alpha value is -3.41. The lowest BCUT2D eigenvalue weighted by Crippen LogP contribution is -2.35. The van der Waals surface area contributed by atoms with Crippen LogP contribution in [0.1, 0.15) is 17.3 Å². The average Bonchev–Trinajstić information content (AvgIpc) is 2.69. The van der Waals surface area contributed by atoms with Crippen molar-refractivity contribution in [3.63, 3.8) is 0 Å². The molecular formula is C22H21FN2O3. The van der Waals surface area contributed by atoms with Gasteiger partial charge in [-0.15, -0.1) is 0 Å². The quantitative estimate of drug-likeness (QED) is 0.701. The van der Waals surface area contributed by atoms with Gasteiger partial charge in [0.25, 0.3) is 5.91 Å². The van der Waals surface area contributed by atoms with Crippen molar-refractivity contribution in [2.75, 3.05) is 25.5 Å². The third kappa shape index (κ3) is 4.46. The molecule has 0 saturated carbocycles. The van der Waals surface area contributed by atoms with E-state index in [0.29, 0.717) is 23.6 Å². The molecule has 0 unspecified atom stereocenters. The molecule has 0 aromatic heterocycles. The smallest absolute Gasteiger partial charge is 0.257 e. The summed E-state index contributed by atoms with van der Waals surface area (Å²) in [6.45, 7) is 2.13. The first-order chi connectivity index (χ1) is 13.5. The number of hydrogen-bond donors (Lipinski definition) is 1. The van der Waals surface area contributed by atoms with E-state index < -0.39 is 0 Å². The topological polar surface area (TPSA) is 58.6 Å². The first-order valence-electron chi connectivity index (χ1n) is 8.94. The maximum atomic E-state index is 13.0. The van der Waals surface area contributed by atoms with Crippen molar-refractivity contribution in [2.45, 2.75) is 6.92 Å². The van der Waals surface area contributed by atoms with Gasteiger partial charge in [-0.25, -0.2) is 4.39 Å². The molecule has 3 aromatic carbocycles. The van der Waals surface area contributed by atoms with Gasteiger partial charge in [-0.05, 0) is 54.1 Å². The summed E-state index contributed by atoms with van der Waals surface area (Å²) in [5, 5.41) is 4.53. The van der Waals surface area contributed by atoms with Gasteiger partial charge < -0.3 is 15.0 Å². The Morgan fingerprint density at radius 1 is 1.04 bits per heavy atom. The van der Waals surface area contributed by atoms with Gasteiger partial charge in [0, 0.05) is 12.7 Å². The van der Waals surface area contributed by atoms with E-state index >= 15 is 0 Å². The molecule has 0 atom stereocenters. The number of rotatable bonds is 6. The van der Waals surface area contributed by atoms with Crippen LogP contribution < -0.4 is 10.1 Å². The largest absolute Gasteiger partial charge is 0.493 e. The lowest BCUT2D eigenvalue weighted by atomic mass is 10.0. The second-order valence-corrected chi connectivity index (χ2v) is 6.34. The van der Waals surface area contributed by atoms with E-state index in [-0.39, 0.29) is 24.2 Å². The Bertz CT molecular complexity index is 1000. The van der Waals surface area contributed by atoms with Crippen LogP contribution in [-0.2, 0) is 4.79 Å². The fourth-order valence-electron chi connectivity index (χ4n) is 2.89. The van der Waals surface area contributed by atoms with E-state index in [2.05, 4.69) is 5.32 Å². The molecule has 5 nitrogen and oxygen atoms in total. The second kappa shape index (κ2) is 8.52. The number of hydrogen-bond acceptors (Lipinski definition) is 3. The third-order valence-electron chi connectivity index (χ3n) is 4.23. The molecule has 0 aliphatic carbocycles. The lowest BCUT2D eigenvalue weighted by molar-refractivity contribution is -0.116. The minimum absolute atomic E-state index is 0.144. The second-order valence-electron chi connectivity index (χ2n) is 6.34. The molecule has 28 heavy (non-hydrogen) atoms. The molecule has 0 fully saturated rings. The highest BCUT2D eigenvalue weighted by Gasteiger charge is 2.20. The molecule has 144 valence electrons. The molecule has 0 aliphatic rings. The molecule has 6 heteroatoms. The summed E-state index contributed by atoms with van der Waals surface area (Å²) in [4.78, 5) is 26.5. The summed E-state index contributed by atoms with van der Waals surface area (Å²) in [6, 6.07) is 16.7. The fourth-order valence-corrected chi connectivity index (χ4v) is 2.89. The van der Waals surface area contributed by atoms with Gasteiger partial charge in [0.05, 0.1) is 18.7 Å². The molecule has 0 aliphatic heterocycles. The lowest BCUT2D eigenvalue weighted by Gasteiger charge is -2.19. The summed E-state index contributed by atoms with van der Waals surface area (Å²) in [7, 11) is 1.55. The van der Waals surface area contributed by atoms with Gasteiger partial charge in [-0.2, -0.15) is 0 Å². The van der Waals surface area contributed by atoms with Gasteiger partial charge in [0.1, 0.15) is 11.6 Å². The summed E-state index contributed by atoms with van der Waals surface area (Å²) in [6.07, 6.45) is 0. The van der Waals surface area contributed by atoms with Crippen molar-refractivity contribution in [3.8, 4) is 5.75 Å². The molecule has 0 radical (unpaired) electrons. The number of ether oxygens (including phenoxy) is 1. The molecule has 2 amide bonds. The van der Waals surface area contributed by atoms with Crippen molar-refractivity contribution in [2.24, 2.45) is 0 Å². The van der Waals surface area contributed by atoms with E-state index in [0.717, 1.165) is 10.8 Å². The highest BCUT2D eigenvalue weighted by atomic mass is 19.1. The number of likely N-dealkylation sites (N-methyl/N-ethyl adjacent to an activating group) is 1. The molecule has 0 heterocycles. The summed E-state index contributed by atoms with van der Waals surface area (Å²) >= 11 is 0. The van der Waals surface area contributed by atoms with E-state index in [1.807, 2.05) is 37.3 Å². The molecular weight excluding hydrogens is 359 g/mol. The number of carbonyl (C=O) groups excluding carboxylic acids is 2. The van der Waals surface area contributed by atoms with Crippen LogP contribution >= 0.6 is 0 Å². The van der Waals surface area contributed by atoms with Crippen LogP contribution in [0.2, 0.25) is 0 Å². The summed E-state index contributed by atoms with van der Waals surface area (Å²) < 4.78 is 18.6. The number of amides is 2. The molecule has 0 saturated heterocycles. The molecule has 1 N–H and O–H groups in total. The zero-order chi connectivity index (χ0) is 20.1. The zero-order valence-corrected chi connectivity index (χ0v) is 15.7. The number of benzene rings is 3. The van der Waals surface area contributed by atoms with Gasteiger partial charge >= 0.3 is 0 Å². The zero-order valence-electron chi connectivity index (χ0n) is 15.7. The first-order valence-corrected chi connectivity index (χ1v) is 8.94. The fraction of sp³-hybridized carbons (Fsp3) is 0.182. The van der Waals surface area contributed by atoms with Crippen LogP contribution in [0.3, 0.4) is 0 Å². The first kappa shape index (κ1) is 19.4. The van der Waals surface area contributed by atoms with Crippen molar-refractivity contribution in [3.05, 3.63) is 72.0 Å². The Morgan fingerprint density at radius 2 is 1.68 bits per heavy atom. The number of nitrogens with zero attached hydrogens (tertiary/aromatic N) is 1. The van der Waals surface area contributed by atoms with Crippen LogP contribution in [0.15, 0.2) is 60.7 Å². The number of halogens is 1. The van der Waals surface area contributed by atoms with E-state index in [4.69, 9.17) is 4.74 Å². The van der Waals surface area contributed by atoms with Crippen LogP contribution in [0.5, 0.6) is 5.75 Å². The van der Waals surface area contributed by atoms with Crippen LogP contribution in [0.25, 0.3) is 10.8 Å².